The fraction of sp³-hybridized carbons (Fsp3) is 0.231. The molecule has 3 aromatic carbocycles. The van der Waals surface area contributed by atoms with Crippen molar-refractivity contribution in [1.82, 2.24) is 0 Å². The van der Waals surface area contributed by atoms with Crippen molar-refractivity contribution in [3.63, 3.8) is 0 Å². The minimum Gasteiger partial charge on any atom is -0.493 e. The molecule has 0 fully saturated rings. The summed E-state index contributed by atoms with van der Waals surface area (Å²) in [6, 6.07) is 21.3. The van der Waals surface area contributed by atoms with Gasteiger partial charge in [-0.05, 0) is 56.3 Å². The third-order valence-corrected chi connectivity index (χ3v) is 5.32. The van der Waals surface area contributed by atoms with Crippen LogP contribution in [-0.4, -0.2) is 35.7 Å². The van der Waals surface area contributed by atoms with Crippen molar-refractivity contribution in [3.8, 4) is 17.2 Å². The maximum atomic E-state index is 13.0. The number of carbonyl (C=O) groups excluding carboxylic acids is 1. The zero-order chi connectivity index (χ0) is 23.8. The number of halogens is 1. The molecule has 172 valence electrons. The molecule has 33 heavy (non-hydrogen) atoms. The minimum atomic E-state index is -1.02. The first-order valence-electron chi connectivity index (χ1n) is 10.5. The number of ether oxygens (including phenoxy) is 3. The van der Waals surface area contributed by atoms with Gasteiger partial charge in [-0.15, -0.1) is 0 Å². The van der Waals surface area contributed by atoms with E-state index in [0.717, 1.165) is 4.47 Å². The normalized spacial score (nSPS) is 12.5. The largest absolute Gasteiger partial charge is 0.493 e. The summed E-state index contributed by atoms with van der Waals surface area (Å²) in [7, 11) is 0. The van der Waals surface area contributed by atoms with Gasteiger partial charge < -0.3 is 19.3 Å². The van der Waals surface area contributed by atoms with E-state index in [0.29, 0.717) is 41.4 Å². The Morgan fingerprint density at radius 1 is 0.909 bits per heavy atom. The minimum absolute atomic E-state index is 0.102. The Labute approximate surface area is 201 Å². The molecule has 3 aromatic rings. The Morgan fingerprint density at radius 3 is 2.24 bits per heavy atom. The van der Waals surface area contributed by atoms with Crippen LogP contribution in [0.4, 0.5) is 0 Å². The molecular weight excluding hydrogens is 488 g/mol. The molecule has 0 aromatic heterocycles. The zero-order valence-electron chi connectivity index (χ0n) is 18.4. The van der Waals surface area contributed by atoms with Crippen LogP contribution in [0.5, 0.6) is 17.2 Å². The van der Waals surface area contributed by atoms with Crippen LogP contribution in [0.1, 0.15) is 36.2 Å². The molecule has 0 saturated heterocycles. The summed E-state index contributed by atoms with van der Waals surface area (Å²) in [5.74, 6) is 0.494. The smallest absolute Gasteiger partial charge is 0.344 e. The van der Waals surface area contributed by atoms with Crippen molar-refractivity contribution in [3.05, 3.63) is 88.4 Å². The third kappa shape index (κ3) is 7.08. The van der Waals surface area contributed by atoms with Gasteiger partial charge in [0.1, 0.15) is 17.2 Å². The summed E-state index contributed by atoms with van der Waals surface area (Å²) in [5, 5.41) is 8.91. The van der Waals surface area contributed by atoms with Crippen LogP contribution in [0.25, 0.3) is 0 Å². The maximum absolute atomic E-state index is 13.0. The molecule has 0 bridgehead atoms. The number of hydrogen-bond donors (Lipinski definition) is 1. The lowest BCUT2D eigenvalue weighted by Gasteiger charge is -2.18. The molecule has 6 nitrogen and oxygen atoms in total. The third-order valence-electron chi connectivity index (χ3n) is 4.83. The van der Waals surface area contributed by atoms with Gasteiger partial charge in [-0.2, -0.15) is 0 Å². The van der Waals surface area contributed by atoms with Crippen molar-refractivity contribution in [2.24, 2.45) is 0 Å². The molecular formula is C26H25BrO6. The van der Waals surface area contributed by atoms with Gasteiger partial charge in [-0.1, -0.05) is 46.3 Å². The van der Waals surface area contributed by atoms with E-state index in [-0.39, 0.29) is 11.9 Å². The first kappa shape index (κ1) is 24.3. The van der Waals surface area contributed by atoms with E-state index in [9.17, 15) is 9.59 Å². The number of aliphatic carboxylic acids is 1. The molecule has 0 spiro atoms. The first-order chi connectivity index (χ1) is 15.8. The molecule has 0 saturated carbocycles. The second-order valence-electron chi connectivity index (χ2n) is 7.47. The van der Waals surface area contributed by atoms with E-state index in [1.54, 1.807) is 48.5 Å². The fourth-order valence-corrected chi connectivity index (χ4v) is 3.38. The van der Waals surface area contributed by atoms with Crippen LogP contribution in [0.15, 0.2) is 77.3 Å². The Kier molecular flexibility index (Phi) is 8.49. The SMILES string of the molecule is CC(CCOc1ccc(OC(C)C(=O)O)cc1)Oc1ccc(Br)cc1C(=O)c1ccccc1. The first-order valence-corrected chi connectivity index (χ1v) is 11.3. The highest BCUT2D eigenvalue weighted by Gasteiger charge is 2.17. The van der Waals surface area contributed by atoms with Crippen molar-refractivity contribution < 1.29 is 28.9 Å². The van der Waals surface area contributed by atoms with Crippen molar-refractivity contribution in [2.75, 3.05) is 6.61 Å². The number of hydrogen-bond acceptors (Lipinski definition) is 5. The average molecular weight is 513 g/mol. The summed E-state index contributed by atoms with van der Waals surface area (Å²) in [5.41, 5.74) is 1.09. The van der Waals surface area contributed by atoms with Crippen LogP contribution in [0.2, 0.25) is 0 Å². The van der Waals surface area contributed by atoms with Crippen LogP contribution >= 0.6 is 15.9 Å². The standard InChI is InChI=1S/C26H25BrO6/c1-17(14-15-31-21-9-11-22(12-10-21)33-18(2)26(29)30)32-24-13-8-20(27)16-23(24)25(28)19-6-4-3-5-7-19/h3-13,16-18H,14-15H2,1-2H3,(H,29,30). The topological polar surface area (TPSA) is 82.1 Å². The monoisotopic (exact) mass is 512 g/mol. The molecule has 3 rings (SSSR count). The van der Waals surface area contributed by atoms with Crippen molar-refractivity contribution in [1.29, 1.82) is 0 Å². The van der Waals surface area contributed by atoms with Gasteiger partial charge in [-0.25, -0.2) is 4.79 Å². The van der Waals surface area contributed by atoms with Gasteiger partial charge in [0.05, 0.1) is 18.3 Å². The maximum Gasteiger partial charge on any atom is 0.344 e. The zero-order valence-corrected chi connectivity index (χ0v) is 19.9. The Balaban J connectivity index is 1.55. The lowest BCUT2D eigenvalue weighted by atomic mass is 10.0. The predicted molar refractivity (Wildman–Crippen MR) is 128 cm³/mol. The van der Waals surface area contributed by atoms with Gasteiger partial charge in [0.25, 0.3) is 0 Å². The Bertz CT molecular complexity index is 1080. The molecule has 0 amide bonds. The molecule has 0 radical (unpaired) electrons. The molecule has 0 aliphatic rings. The average Bonchev–Trinajstić information content (AvgIpc) is 2.81. The van der Waals surface area contributed by atoms with E-state index in [4.69, 9.17) is 19.3 Å². The summed E-state index contributed by atoms with van der Waals surface area (Å²) >= 11 is 3.43. The lowest BCUT2D eigenvalue weighted by molar-refractivity contribution is -0.144. The second-order valence-corrected chi connectivity index (χ2v) is 8.39. The fourth-order valence-electron chi connectivity index (χ4n) is 3.01. The lowest BCUT2D eigenvalue weighted by Crippen LogP contribution is -2.22. The van der Waals surface area contributed by atoms with Gasteiger partial charge in [0.2, 0.25) is 0 Å². The van der Waals surface area contributed by atoms with Crippen LogP contribution < -0.4 is 14.2 Å². The number of benzene rings is 3. The Morgan fingerprint density at radius 2 is 1.58 bits per heavy atom. The predicted octanol–water partition coefficient (Wildman–Crippen LogP) is 5.77. The summed E-state index contributed by atoms with van der Waals surface area (Å²) < 4.78 is 17.9. The van der Waals surface area contributed by atoms with Gasteiger partial charge in [0, 0.05) is 16.5 Å². The summed E-state index contributed by atoms with van der Waals surface area (Å²) in [6.07, 6.45) is -0.511. The van der Waals surface area contributed by atoms with Gasteiger partial charge in [-0.3, -0.25) is 4.79 Å². The number of rotatable bonds is 11. The molecule has 7 heteroatoms. The van der Waals surface area contributed by atoms with E-state index >= 15 is 0 Å². The molecule has 1 N–H and O–H groups in total. The van der Waals surface area contributed by atoms with Crippen molar-refractivity contribution >= 4 is 27.7 Å². The number of carbonyl (C=O) groups is 2. The number of carboxylic acid groups (broad SMARTS) is 1. The quantitative estimate of drug-likeness (QED) is 0.328. The Hall–Kier alpha value is -3.32. The highest BCUT2D eigenvalue weighted by Crippen LogP contribution is 2.27. The number of carboxylic acids is 1. The molecule has 0 aliphatic carbocycles. The van der Waals surface area contributed by atoms with Gasteiger partial charge >= 0.3 is 5.97 Å². The van der Waals surface area contributed by atoms with Crippen molar-refractivity contribution in [2.45, 2.75) is 32.5 Å². The summed E-state index contributed by atoms with van der Waals surface area (Å²) in [4.78, 5) is 23.8. The molecule has 2 unspecified atom stereocenters. The van der Waals surface area contributed by atoms with E-state index in [2.05, 4.69) is 15.9 Å². The molecule has 0 heterocycles. The summed E-state index contributed by atoms with van der Waals surface area (Å²) in [6.45, 7) is 3.80. The highest BCUT2D eigenvalue weighted by molar-refractivity contribution is 9.10. The van der Waals surface area contributed by atoms with E-state index in [1.807, 2.05) is 31.2 Å². The highest BCUT2D eigenvalue weighted by atomic mass is 79.9. The van der Waals surface area contributed by atoms with Gasteiger partial charge in [0.15, 0.2) is 11.9 Å². The second kappa shape index (κ2) is 11.5. The van der Waals surface area contributed by atoms with Crippen LogP contribution in [0.3, 0.4) is 0 Å². The number of ketones is 1. The molecule has 0 aliphatic heterocycles. The van der Waals surface area contributed by atoms with Crippen LogP contribution in [-0.2, 0) is 4.79 Å². The van der Waals surface area contributed by atoms with Crippen LogP contribution in [0, 0.1) is 0 Å². The van der Waals surface area contributed by atoms with E-state index < -0.39 is 12.1 Å². The van der Waals surface area contributed by atoms with E-state index in [1.165, 1.54) is 6.92 Å². The molecule has 2 atom stereocenters.